The molecule has 0 fully saturated rings. The van der Waals surface area contributed by atoms with Gasteiger partial charge in [-0.3, -0.25) is 14.4 Å². The molecule has 0 aliphatic heterocycles. The minimum atomic E-state index is -0.550. The van der Waals surface area contributed by atoms with Gasteiger partial charge in [-0.1, -0.05) is 23.2 Å². The van der Waals surface area contributed by atoms with Gasteiger partial charge in [-0.15, -0.1) is 0 Å². The number of hydrazone groups is 1. The molecule has 0 aliphatic rings. The van der Waals surface area contributed by atoms with Crippen LogP contribution in [0.5, 0.6) is 5.75 Å². The maximum Gasteiger partial charge on any atom is 0.311 e. The number of nitrogens with one attached hydrogen (secondary N) is 2. The Bertz CT molecular complexity index is 694. The highest BCUT2D eigenvalue weighted by atomic mass is 35.5. The van der Waals surface area contributed by atoms with E-state index >= 15 is 0 Å². The lowest BCUT2D eigenvalue weighted by Gasteiger charge is -2.08. The molecule has 0 spiro atoms. The van der Waals surface area contributed by atoms with E-state index in [4.69, 9.17) is 32.7 Å². The van der Waals surface area contributed by atoms with Crippen LogP contribution < -0.4 is 15.5 Å². The quantitative estimate of drug-likeness (QED) is 0.372. The third kappa shape index (κ3) is 8.68. The van der Waals surface area contributed by atoms with Gasteiger partial charge < -0.3 is 14.8 Å². The van der Waals surface area contributed by atoms with Crippen LogP contribution in [0.25, 0.3) is 0 Å². The molecule has 0 unspecified atom stereocenters. The highest BCUT2D eigenvalue weighted by Gasteiger charge is 2.09. The third-order valence-corrected chi connectivity index (χ3v) is 3.31. The summed E-state index contributed by atoms with van der Waals surface area (Å²) in [5, 5.41) is 6.82. The van der Waals surface area contributed by atoms with Crippen molar-refractivity contribution in [1.82, 2.24) is 10.7 Å². The second kappa shape index (κ2) is 11.3. The summed E-state index contributed by atoms with van der Waals surface area (Å²) in [6.45, 7) is 2.92. The van der Waals surface area contributed by atoms with Crippen LogP contribution >= 0.6 is 23.2 Å². The second-order valence-corrected chi connectivity index (χ2v) is 5.85. The zero-order chi connectivity index (χ0) is 19.5. The van der Waals surface area contributed by atoms with Crippen molar-refractivity contribution in [2.75, 3.05) is 19.8 Å². The fraction of sp³-hybridized carbons (Fsp3) is 0.375. The van der Waals surface area contributed by atoms with Crippen LogP contribution in [0.3, 0.4) is 0 Å². The number of ether oxygens (including phenoxy) is 2. The number of nitrogens with zero attached hydrogens (tertiary/aromatic N) is 1. The maximum absolute atomic E-state index is 11.7. The van der Waals surface area contributed by atoms with Crippen LogP contribution in [-0.2, 0) is 19.1 Å². The van der Waals surface area contributed by atoms with Gasteiger partial charge in [0.05, 0.1) is 24.6 Å². The van der Waals surface area contributed by atoms with Gasteiger partial charge in [-0.2, -0.15) is 5.10 Å². The Morgan fingerprint density at radius 2 is 1.92 bits per heavy atom. The molecule has 142 valence electrons. The van der Waals surface area contributed by atoms with Gasteiger partial charge >= 0.3 is 5.97 Å². The molecule has 26 heavy (non-hydrogen) atoms. The summed E-state index contributed by atoms with van der Waals surface area (Å²) < 4.78 is 9.99. The van der Waals surface area contributed by atoms with Crippen molar-refractivity contribution in [3.05, 3.63) is 28.2 Å². The molecule has 0 atom stereocenters. The van der Waals surface area contributed by atoms with Gasteiger partial charge in [0.1, 0.15) is 5.75 Å². The number of rotatable bonds is 9. The summed E-state index contributed by atoms with van der Waals surface area (Å²) in [5.74, 6) is -1.20. The fourth-order valence-electron chi connectivity index (χ4n) is 1.62. The molecular weight excluding hydrogens is 385 g/mol. The minimum absolute atomic E-state index is 0.0316. The van der Waals surface area contributed by atoms with Gasteiger partial charge in [0.15, 0.2) is 6.61 Å². The molecule has 0 saturated heterocycles. The molecule has 0 aliphatic carbocycles. The smallest absolute Gasteiger partial charge is 0.311 e. The fourth-order valence-corrected chi connectivity index (χ4v) is 2.09. The lowest BCUT2D eigenvalue weighted by atomic mass is 10.3. The van der Waals surface area contributed by atoms with E-state index in [9.17, 15) is 14.4 Å². The number of esters is 1. The van der Waals surface area contributed by atoms with Crippen LogP contribution in [-0.4, -0.2) is 43.3 Å². The summed E-state index contributed by atoms with van der Waals surface area (Å²) >= 11 is 11.7. The van der Waals surface area contributed by atoms with E-state index in [0.29, 0.717) is 16.5 Å². The molecular formula is C16H19Cl2N3O5. The van der Waals surface area contributed by atoms with Crippen molar-refractivity contribution in [1.29, 1.82) is 0 Å². The van der Waals surface area contributed by atoms with E-state index in [1.54, 1.807) is 19.9 Å². The van der Waals surface area contributed by atoms with E-state index in [1.807, 2.05) is 0 Å². The van der Waals surface area contributed by atoms with Gasteiger partial charge in [0.2, 0.25) is 0 Å². The summed E-state index contributed by atoms with van der Waals surface area (Å²) in [6, 6.07) is 4.59. The average Bonchev–Trinajstić information content (AvgIpc) is 2.57. The van der Waals surface area contributed by atoms with Crippen molar-refractivity contribution in [3.63, 3.8) is 0 Å². The molecule has 0 radical (unpaired) electrons. The van der Waals surface area contributed by atoms with Crippen molar-refractivity contribution in [2.45, 2.75) is 20.3 Å². The molecule has 0 aromatic heterocycles. The van der Waals surface area contributed by atoms with Crippen LogP contribution in [0.4, 0.5) is 0 Å². The van der Waals surface area contributed by atoms with Gasteiger partial charge in [0, 0.05) is 10.7 Å². The maximum atomic E-state index is 11.7. The molecule has 2 amide bonds. The van der Waals surface area contributed by atoms with E-state index in [1.165, 1.54) is 12.1 Å². The molecule has 0 heterocycles. The molecule has 2 N–H and O–H groups in total. The first-order chi connectivity index (χ1) is 12.3. The predicted molar refractivity (Wildman–Crippen MR) is 97.5 cm³/mol. The lowest BCUT2D eigenvalue weighted by Crippen LogP contribution is -2.37. The van der Waals surface area contributed by atoms with Crippen LogP contribution in [0, 0.1) is 0 Å². The molecule has 0 saturated carbocycles. The monoisotopic (exact) mass is 403 g/mol. The van der Waals surface area contributed by atoms with Crippen molar-refractivity contribution in [3.8, 4) is 5.75 Å². The molecule has 1 rings (SSSR count). The van der Waals surface area contributed by atoms with Crippen LogP contribution in [0.1, 0.15) is 20.3 Å². The van der Waals surface area contributed by atoms with E-state index in [2.05, 4.69) is 15.8 Å². The third-order valence-electron chi connectivity index (χ3n) is 2.78. The van der Waals surface area contributed by atoms with E-state index in [-0.39, 0.29) is 31.2 Å². The molecule has 10 heteroatoms. The first kappa shape index (κ1) is 21.7. The summed E-state index contributed by atoms with van der Waals surface area (Å²) in [6.07, 6.45) is -0.0316. The Morgan fingerprint density at radius 3 is 2.58 bits per heavy atom. The number of halogens is 2. The highest BCUT2D eigenvalue weighted by molar-refractivity contribution is 6.35. The molecule has 0 bridgehead atoms. The first-order valence-corrected chi connectivity index (χ1v) is 8.39. The molecule has 1 aromatic carbocycles. The topological polar surface area (TPSA) is 106 Å². The standard InChI is InChI=1S/C16H19Cl2N3O5/c1-3-25-16(24)6-10(2)20-21-14(22)8-19-15(23)9-26-13-5-4-11(17)7-12(13)18/h4-5,7H,3,6,8-9H2,1-2H3,(H,19,23)(H,21,22)/b20-10-. The van der Waals surface area contributed by atoms with Gasteiger partial charge in [0.25, 0.3) is 11.8 Å². The zero-order valence-electron chi connectivity index (χ0n) is 14.3. The van der Waals surface area contributed by atoms with Crippen LogP contribution in [0.2, 0.25) is 10.0 Å². The Balaban J connectivity index is 2.31. The molecule has 8 nitrogen and oxygen atoms in total. The van der Waals surface area contributed by atoms with Crippen molar-refractivity contribution < 1.29 is 23.9 Å². The normalized spacial score (nSPS) is 10.8. The van der Waals surface area contributed by atoms with Crippen LogP contribution in [0.15, 0.2) is 23.3 Å². The van der Waals surface area contributed by atoms with Gasteiger partial charge in [-0.25, -0.2) is 5.43 Å². The van der Waals surface area contributed by atoms with Gasteiger partial charge in [-0.05, 0) is 32.0 Å². The summed E-state index contributed by atoms with van der Waals surface area (Å²) in [7, 11) is 0. The zero-order valence-corrected chi connectivity index (χ0v) is 15.8. The Hall–Kier alpha value is -2.32. The Morgan fingerprint density at radius 1 is 1.19 bits per heavy atom. The highest BCUT2D eigenvalue weighted by Crippen LogP contribution is 2.27. The number of carbonyl (C=O) groups excluding carboxylic acids is 3. The number of carbonyl (C=O) groups is 3. The number of hydrogen-bond acceptors (Lipinski definition) is 6. The Labute approximate surface area is 160 Å². The summed E-state index contributed by atoms with van der Waals surface area (Å²) in [4.78, 5) is 34.5. The van der Waals surface area contributed by atoms with E-state index < -0.39 is 17.8 Å². The number of hydrogen-bond donors (Lipinski definition) is 2. The van der Waals surface area contributed by atoms with E-state index in [0.717, 1.165) is 0 Å². The number of amides is 2. The Kier molecular flexibility index (Phi) is 9.46. The predicted octanol–water partition coefficient (Wildman–Crippen LogP) is 1.93. The lowest BCUT2D eigenvalue weighted by molar-refractivity contribution is -0.141. The molecule has 1 aromatic rings. The number of benzene rings is 1. The minimum Gasteiger partial charge on any atom is -0.482 e. The SMILES string of the molecule is CCOC(=O)C/C(C)=N\NC(=O)CNC(=O)COc1ccc(Cl)cc1Cl. The first-order valence-electron chi connectivity index (χ1n) is 7.64. The van der Waals surface area contributed by atoms with Crippen molar-refractivity contribution >= 4 is 46.7 Å². The van der Waals surface area contributed by atoms with Crippen molar-refractivity contribution in [2.24, 2.45) is 5.10 Å². The average molecular weight is 404 g/mol. The second-order valence-electron chi connectivity index (χ2n) is 5.00. The summed E-state index contributed by atoms with van der Waals surface area (Å²) in [5.41, 5.74) is 2.60. The largest absolute Gasteiger partial charge is 0.482 e.